The van der Waals surface area contributed by atoms with Crippen LogP contribution >= 0.6 is 15.9 Å². The van der Waals surface area contributed by atoms with Gasteiger partial charge in [0.05, 0.1) is 0 Å². The molecule has 3 nitrogen and oxygen atoms in total. The van der Waals surface area contributed by atoms with Crippen molar-refractivity contribution in [3.05, 3.63) is 58.6 Å². The zero-order chi connectivity index (χ0) is 15.3. The summed E-state index contributed by atoms with van der Waals surface area (Å²) < 4.78 is 41.1. The normalized spacial score (nSPS) is 11.2. The summed E-state index contributed by atoms with van der Waals surface area (Å²) in [6, 6.07) is 13.7. The molecule has 0 saturated heterocycles. The Morgan fingerprint density at radius 1 is 1.05 bits per heavy atom. The highest BCUT2D eigenvalue weighted by Crippen LogP contribution is 2.27. The van der Waals surface area contributed by atoms with E-state index in [9.17, 15) is 13.2 Å². The molecule has 0 amide bonds. The molecule has 21 heavy (non-hydrogen) atoms. The summed E-state index contributed by atoms with van der Waals surface area (Å²) in [5.41, 5.74) is 7.39. The minimum absolute atomic E-state index is 0.256. The topological polar surface area (TPSA) is 33.3 Å². The van der Waals surface area contributed by atoms with Crippen LogP contribution in [0.3, 0.4) is 0 Å². The van der Waals surface area contributed by atoms with E-state index >= 15 is 0 Å². The third kappa shape index (κ3) is 5.65. The Morgan fingerprint density at radius 3 is 2.43 bits per heavy atom. The minimum Gasteiger partial charge on any atom is -0.406 e. The highest BCUT2D eigenvalue weighted by atomic mass is 79.9. The molecule has 112 valence electrons. The molecule has 0 atom stereocenters. The van der Waals surface area contributed by atoms with Crippen LogP contribution in [0, 0.1) is 0 Å². The Hall–Kier alpha value is -1.73. The van der Waals surface area contributed by atoms with Crippen LogP contribution < -0.4 is 15.6 Å². The molecule has 0 aliphatic heterocycles. The van der Waals surface area contributed by atoms with Crippen LogP contribution in [-0.4, -0.2) is 6.36 Å². The second-order valence-electron chi connectivity index (χ2n) is 4.19. The van der Waals surface area contributed by atoms with Crippen molar-refractivity contribution in [1.82, 2.24) is 5.43 Å². The number of hydrazine groups is 1. The fraction of sp³-hybridized carbons (Fsp3) is 0.143. The maximum atomic E-state index is 12.2. The molecule has 0 radical (unpaired) electrons. The zero-order valence-corrected chi connectivity index (χ0v) is 12.3. The van der Waals surface area contributed by atoms with Crippen LogP contribution in [-0.2, 0) is 6.54 Å². The number of alkyl halides is 3. The Balaban J connectivity index is 1.97. The maximum absolute atomic E-state index is 12.2. The smallest absolute Gasteiger partial charge is 0.406 e. The summed E-state index contributed by atoms with van der Waals surface area (Å²) in [5.74, 6) is -0.256. The lowest BCUT2D eigenvalue weighted by molar-refractivity contribution is -0.274. The van der Waals surface area contributed by atoms with Gasteiger partial charge < -0.3 is 10.2 Å². The number of nitrogens with one attached hydrogen (secondary N) is 2. The molecular weight excluding hydrogens is 349 g/mol. The van der Waals surface area contributed by atoms with Gasteiger partial charge in [0.2, 0.25) is 0 Å². The molecule has 0 spiro atoms. The Bertz CT molecular complexity index is 591. The van der Waals surface area contributed by atoms with E-state index in [1.807, 2.05) is 30.3 Å². The highest BCUT2D eigenvalue weighted by Gasteiger charge is 2.31. The van der Waals surface area contributed by atoms with Crippen molar-refractivity contribution in [3.63, 3.8) is 0 Å². The first-order valence-corrected chi connectivity index (χ1v) is 6.81. The Labute approximate surface area is 128 Å². The molecule has 0 heterocycles. The summed E-state index contributed by atoms with van der Waals surface area (Å²) in [6.45, 7) is 0.336. The van der Waals surface area contributed by atoms with Crippen molar-refractivity contribution in [2.45, 2.75) is 12.9 Å². The number of hydrogen-bond donors (Lipinski definition) is 2. The standard InChI is InChI=1S/C14H12BrF3N2O/c15-11-6-10(7-13(8-11)21-14(16,17)18)9-19-20-12-4-2-1-3-5-12/h1-8,19-20H,9H2. The Morgan fingerprint density at radius 2 is 1.76 bits per heavy atom. The van der Waals surface area contributed by atoms with Gasteiger partial charge in [-0.3, -0.25) is 0 Å². The molecule has 2 N–H and O–H groups in total. The lowest BCUT2D eigenvalue weighted by Crippen LogP contribution is -2.21. The summed E-state index contributed by atoms with van der Waals surface area (Å²) in [5, 5.41) is 0. The predicted molar refractivity (Wildman–Crippen MR) is 77.7 cm³/mol. The van der Waals surface area contributed by atoms with Gasteiger partial charge in [0, 0.05) is 16.7 Å². The lowest BCUT2D eigenvalue weighted by Gasteiger charge is -2.12. The van der Waals surface area contributed by atoms with Gasteiger partial charge in [-0.15, -0.1) is 13.2 Å². The fourth-order valence-corrected chi connectivity index (χ4v) is 2.20. The molecule has 0 aromatic heterocycles. The second kappa shape index (κ2) is 6.82. The maximum Gasteiger partial charge on any atom is 0.573 e. The molecule has 0 fully saturated rings. The predicted octanol–water partition coefficient (Wildman–Crippen LogP) is 4.46. The monoisotopic (exact) mass is 360 g/mol. The van der Waals surface area contributed by atoms with Crippen LogP contribution in [0.5, 0.6) is 5.75 Å². The first-order chi connectivity index (χ1) is 9.92. The van der Waals surface area contributed by atoms with Gasteiger partial charge >= 0.3 is 6.36 Å². The van der Waals surface area contributed by atoms with E-state index in [1.165, 1.54) is 12.1 Å². The summed E-state index contributed by atoms with van der Waals surface area (Å²) in [7, 11) is 0. The molecule has 0 saturated carbocycles. The van der Waals surface area contributed by atoms with Crippen molar-refractivity contribution in [2.24, 2.45) is 0 Å². The summed E-state index contributed by atoms with van der Waals surface area (Å²) in [6.07, 6.45) is -4.70. The number of anilines is 1. The fourth-order valence-electron chi connectivity index (χ4n) is 1.69. The Kier molecular flexibility index (Phi) is 5.08. The first-order valence-electron chi connectivity index (χ1n) is 6.01. The van der Waals surface area contributed by atoms with Crippen LogP contribution in [0.25, 0.3) is 0 Å². The van der Waals surface area contributed by atoms with Crippen molar-refractivity contribution in [3.8, 4) is 5.75 Å². The second-order valence-corrected chi connectivity index (χ2v) is 5.10. The van der Waals surface area contributed by atoms with Gasteiger partial charge in [0.25, 0.3) is 0 Å². The van der Waals surface area contributed by atoms with E-state index in [1.54, 1.807) is 6.07 Å². The number of rotatable bonds is 5. The molecule has 2 aromatic carbocycles. The van der Waals surface area contributed by atoms with E-state index in [4.69, 9.17) is 0 Å². The van der Waals surface area contributed by atoms with Gasteiger partial charge in [-0.05, 0) is 35.9 Å². The average molecular weight is 361 g/mol. The molecule has 0 bridgehead atoms. The SMILES string of the molecule is FC(F)(F)Oc1cc(Br)cc(CNNc2ccccc2)c1. The van der Waals surface area contributed by atoms with E-state index in [0.29, 0.717) is 16.6 Å². The van der Waals surface area contributed by atoms with Crippen LogP contribution in [0.15, 0.2) is 53.0 Å². The molecule has 7 heteroatoms. The minimum atomic E-state index is -4.70. The third-order valence-electron chi connectivity index (χ3n) is 2.46. The number of para-hydroxylation sites is 1. The molecule has 0 unspecified atom stereocenters. The number of halogens is 4. The van der Waals surface area contributed by atoms with Gasteiger partial charge in [0.1, 0.15) is 5.75 Å². The molecule has 2 aromatic rings. The van der Waals surface area contributed by atoms with E-state index in [0.717, 1.165) is 5.69 Å². The van der Waals surface area contributed by atoms with Crippen molar-refractivity contribution < 1.29 is 17.9 Å². The van der Waals surface area contributed by atoms with Crippen LogP contribution in [0.4, 0.5) is 18.9 Å². The molecular formula is C14H12BrF3N2O. The largest absolute Gasteiger partial charge is 0.573 e. The van der Waals surface area contributed by atoms with Crippen molar-refractivity contribution in [1.29, 1.82) is 0 Å². The summed E-state index contributed by atoms with van der Waals surface area (Å²) >= 11 is 3.16. The third-order valence-corrected chi connectivity index (χ3v) is 2.92. The quantitative estimate of drug-likeness (QED) is 0.772. The van der Waals surface area contributed by atoms with E-state index in [-0.39, 0.29) is 5.75 Å². The van der Waals surface area contributed by atoms with Crippen molar-refractivity contribution >= 4 is 21.6 Å². The highest BCUT2D eigenvalue weighted by molar-refractivity contribution is 9.10. The van der Waals surface area contributed by atoms with Crippen molar-refractivity contribution in [2.75, 3.05) is 5.43 Å². The number of ether oxygens (including phenoxy) is 1. The zero-order valence-electron chi connectivity index (χ0n) is 10.7. The van der Waals surface area contributed by atoms with E-state index in [2.05, 4.69) is 31.5 Å². The summed E-state index contributed by atoms with van der Waals surface area (Å²) in [4.78, 5) is 0. The van der Waals surface area contributed by atoms with Crippen LogP contribution in [0.2, 0.25) is 0 Å². The van der Waals surface area contributed by atoms with Crippen LogP contribution in [0.1, 0.15) is 5.56 Å². The average Bonchev–Trinajstić information content (AvgIpc) is 2.37. The number of benzene rings is 2. The molecule has 0 aliphatic carbocycles. The molecule has 2 rings (SSSR count). The first kappa shape index (κ1) is 15.7. The van der Waals surface area contributed by atoms with Gasteiger partial charge in [-0.25, -0.2) is 5.43 Å². The van der Waals surface area contributed by atoms with Gasteiger partial charge in [-0.1, -0.05) is 34.1 Å². The van der Waals surface area contributed by atoms with E-state index < -0.39 is 6.36 Å². The lowest BCUT2D eigenvalue weighted by atomic mass is 10.2. The van der Waals surface area contributed by atoms with Gasteiger partial charge in [-0.2, -0.15) is 0 Å². The molecule has 0 aliphatic rings. The van der Waals surface area contributed by atoms with Gasteiger partial charge in [0.15, 0.2) is 0 Å². The number of hydrogen-bond acceptors (Lipinski definition) is 3.